The highest BCUT2D eigenvalue weighted by Gasteiger charge is 2.35. The van der Waals surface area contributed by atoms with Gasteiger partial charge in [0.2, 0.25) is 21.8 Å². The van der Waals surface area contributed by atoms with Gasteiger partial charge in [-0.1, -0.05) is 11.6 Å². The first-order valence-electron chi connectivity index (χ1n) is 12.9. The molecule has 0 aliphatic carbocycles. The highest BCUT2D eigenvalue weighted by Crippen LogP contribution is 2.32. The number of hydrogen-bond donors (Lipinski definition) is 0. The number of amides is 2. The molecule has 0 atom stereocenters. The fraction of sp³-hybridized carbons (Fsp3) is 0.481. The van der Waals surface area contributed by atoms with Crippen LogP contribution < -0.4 is 9.80 Å². The van der Waals surface area contributed by atoms with Crippen molar-refractivity contribution in [2.24, 2.45) is 5.92 Å². The number of hydrogen-bond acceptors (Lipinski definition) is 5. The van der Waals surface area contributed by atoms with Gasteiger partial charge in [0.25, 0.3) is 0 Å². The Labute approximate surface area is 223 Å². The first-order valence-corrected chi connectivity index (χ1v) is 14.8. The molecular formula is C27H33ClN4O4S. The lowest BCUT2D eigenvalue weighted by atomic mass is 9.96. The SMILES string of the molecule is CC(=O)N1CCCc2cc(S(=O)(=O)N3CCC(C(=O)N4CCN(c5ccc(Cl)cc5)CC4)CC3)ccc21. The summed E-state index contributed by atoms with van der Waals surface area (Å²) in [7, 11) is -3.66. The van der Waals surface area contributed by atoms with Crippen molar-refractivity contribution < 1.29 is 18.0 Å². The number of carbonyl (C=O) groups is 2. The summed E-state index contributed by atoms with van der Waals surface area (Å²) in [4.78, 5) is 31.3. The van der Waals surface area contributed by atoms with Crippen molar-refractivity contribution in [1.29, 1.82) is 0 Å². The van der Waals surface area contributed by atoms with E-state index in [1.807, 2.05) is 29.2 Å². The maximum atomic E-state index is 13.4. The first kappa shape index (κ1) is 26.0. The summed E-state index contributed by atoms with van der Waals surface area (Å²) in [5.41, 5.74) is 2.80. The number of aryl methyl sites for hydroxylation is 1. The Morgan fingerprint density at radius 1 is 0.892 bits per heavy atom. The number of carbonyl (C=O) groups excluding carboxylic acids is 2. The number of sulfonamides is 1. The second kappa shape index (κ2) is 10.6. The molecule has 3 aliphatic heterocycles. The van der Waals surface area contributed by atoms with Crippen molar-refractivity contribution in [3.8, 4) is 0 Å². The second-order valence-corrected chi connectivity index (χ2v) is 12.4. The van der Waals surface area contributed by atoms with Gasteiger partial charge in [-0.05, 0) is 73.7 Å². The van der Waals surface area contributed by atoms with Crippen LogP contribution in [-0.4, -0.2) is 75.3 Å². The first-order chi connectivity index (χ1) is 17.7. The third kappa shape index (κ3) is 5.35. The Bertz CT molecular complexity index is 1270. The molecule has 198 valence electrons. The summed E-state index contributed by atoms with van der Waals surface area (Å²) >= 11 is 5.99. The number of nitrogens with zero attached hydrogens (tertiary/aromatic N) is 4. The molecule has 5 rings (SSSR count). The van der Waals surface area contributed by atoms with Crippen LogP contribution >= 0.6 is 11.6 Å². The van der Waals surface area contributed by atoms with Crippen LogP contribution in [0.15, 0.2) is 47.4 Å². The van der Waals surface area contributed by atoms with Crippen LogP contribution in [0.5, 0.6) is 0 Å². The molecule has 2 saturated heterocycles. The molecule has 0 aromatic heterocycles. The van der Waals surface area contributed by atoms with Gasteiger partial charge in [-0.15, -0.1) is 0 Å². The van der Waals surface area contributed by atoms with Gasteiger partial charge in [-0.2, -0.15) is 4.31 Å². The molecule has 0 radical (unpaired) electrons. The molecule has 0 N–H and O–H groups in total. The fourth-order valence-corrected chi connectivity index (χ4v) is 7.30. The van der Waals surface area contributed by atoms with E-state index in [9.17, 15) is 18.0 Å². The zero-order chi connectivity index (χ0) is 26.2. The lowest BCUT2D eigenvalue weighted by molar-refractivity contribution is -0.137. The molecule has 2 fully saturated rings. The summed E-state index contributed by atoms with van der Waals surface area (Å²) < 4.78 is 28.3. The molecule has 0 saturated carbocycles. The van der Waals surface area contributed by atoms with Gasteiger partial charge in [0.05, 0.1) is 4.90 Å². The number of rotatable bonds is 4. The summed E-state index contributed by atoms with van der Waals surface area (Å²) in [5, 5.41) is 0.706. The van der Waals surface area contributed by atoms with Gasteiger partial charge >= 0.3 is 0 Å². The van der Waals surface area contributed by atoms with Crippen LogP contribution in [0, 0.1) is 5.92 Å². The monoisotopic (exact) mass is 544 g/mol. The van der Waals surface area contributed by atoms with E-state index in [1.165, 1.54) is 11.2 Å². The number of halogens is 1. The Morgan fingerprint density at radius 2 is 1.57 bits per heavy atom. The molecule has 3 aliphatic rings. The fourth-order valence-electron chi connectivity index (χ4n) is 5.65. The van der Waals surface area contributed by atoms with Crippen molar-refractivity contribution in [2.45, 2.75) is 37.5 Å². The molecule has 2 aromatic rings. The van der Waals surface area contributed by atoms with Crippen molar-refractivity contribution in [2.75, 3.05) is 55.6 Å². The van der Waals surface area contributed by atoms with E-state index in [0.717, 1.165) is 42.9 Å². The minimum atomic E-state index is -3.66. The summed E-state index contributed by atoms with van der Waals surface area (Å²) in [6.45, 7) is 5.70. The van der Waals surface area contributed by atoms with Crippen LogP contribution in [0.3, 0.4) is 0 Å². The van der Waals surface area contributed by atoms with E-state index < -0.39 is 10.0 Å². The molecule has 10 heteroatoms. The van der Waals surface area contributed by atoms with Gasteiger partial charge in [0.1, 0.15) is 0 Å². The molecule has 2 aromatic carbocycles. The molecule has 3 heterocycles. The van der Waals surface area contributed by atoms with Gasteiger partial charge < -0.3 is 14.7 Å². The third-order valence-corrected chi connectivity index (χ3v) is 9.92. The average molecular weight is 545 g/mol. The average Bonchev–Trinajstić information content (AvgIpc) is 2.92. The molecule has 0 unspecified atom stereocenters. The van der Waals surface area contributed by atoms with E-state index in [2.05, 4.69) is 4.90 Å². The number of piperazine rings is 1. The maximum absolute atomic E-state index is 13.4. The Balaban J connectivity index is 1.18. The minimum Gasteiger partial charge on any atom is -0.368 e. The molecule has 37 heavy (non-hydrogen) atoms. The zero-order valence-corrected chi connectivity index (χ0v) is 22.7. The third-order valence-electron chi connectivity index (χ3n) is 7.77. The predicted octanol–water partition coefficient (Wildman–Crippen LogP) is 3.39. The highest BCUT2D eigenvalue weighted by molar-refractivity contribution is 7.89. The number of piperidine rings is 1. The molecule has 0 bridgehead atoms. The van der Waals surface area contributed by atoms with Crippen LogP contribution in [0.1, 0.15) is 31.7 Å². The molecule has 2 amide bonds. The van der Waals surface area contributed by atoms with E-state index in [0.29, 0.717) is 50.6 Å². The minimum absolute atomic E-state index is 0.0327. The van der Waals surface area contributed by atoms with E-state index in [1.54, 1.807) is 23.1 Å². The summed E-state index contributed by atoms with van der Waals surface area (Å²) in [6, 6.07) is 12.8. The van der Waals surface area contributed by atoms with Crippen molar-refractivity contribution in [1.82, 2.24) is 9.21 Å². The summed E-state index contributed by atoms with van der Waals surface area (Å²) in [5.74, 6) is -0.0539. The van der Waals surface area contributed by atoms with Crippen molar-refractivity contribution in [3.63, 3.8) is 0 Å². The van der Waals surface area contributed by atoms with Crippen LogP contribution in [0.25, 0.3) is 0 Å². The molecule has 8 nitrogen and oxygen atoms in total. The largest absolute Gasteiger partial charge is 0.368 e. The zero-order valence-electron chi connectivity index (χ0n) is 21.1. The number of benzene rings is 2. The quantitative estimate of drug-likeness (QED) is 0.589. The van der Waals surface area contributed by atoms with Crippen LogP contribution in [-0.2, 0) is 26.0 Å². The van der Waals surface area contributed by atoms with Crippen LogP contribution in [0.4, 0.5) is 11.4 Å². The van der Waals surface area contributed by atoms with E-state index >= 15 is 0 Å². The number of fused-ring (bicyclic) bond motifs is 1. The smallest absolute Gasteiger partial charge is 0.243 e. The summed E-state index contributed by atoms with van der Waals surface area (Å²) in [6.07, 6.45) is 2.62. The van der Waals surface area contributed by atoms with Crippen LogP contribution in [0.2, 0.25) is 5.02 Å². The standard InChI is InChI=1S/C27H33ClN4O4S/c1-20(33)32-12-2-3-22-19-25(8-9-26(22)32)37(35,36)31-13-10-21(11-14-31)27(34)30-17-15-29(16-18-30)24-6-4-23(28)5-7-24/h4-9,19,21H,2-3,10-18H2,1H3. The van der Waals surface area contributed by atoms with Gasteiger partial charge in [0, 0.05) is 75.1 Å². The van der Waals surface area contributed by atoms with Crippen molar-refractivity contribution >= 4 is 44.8 Å². The van der Waals surface area contributed by atoms with E-state index in [-0.39, 0.29) is 22.6 Å². The van der Waals surface area contributed by atoms with Gasteiger partial charge in [0.15, 0.2) is 0 Å². The lowest BCUT2D eigenvalue weighted by Crippen LogP contribution is -2.52. The Kier molecular flexibility index (Phi) is 7.47. The lowest BCUT2D eigenvalue weighted by Gasteiger charge is -2.39. The topological polar surface area (TPSA) is 81.2 Å². The highest BCUT2D eigenvalue weighted by atomic mass is 35.5. The number of anilines is 2. The van der Waals surface area contributed by atoms with Crippen molar-refractivity contribution in [3.05, 3.63) is 53.1 Å². The molecule has 0 spiro atoms. The second-order valence-electron chi connectivity index (χ2n) is 10.0. The Morgan fingerprint density at radius 3 is 2.22 bits per heavy atom. The van der Waals surface area contributed by atoms with Gasteiger partial charge in [-0.25, -0.2) is 8.42 Å². The van der Waals surface area contributed by atoms with E-state index in [4.69, 9.17) is 11.6 Å². The van der Waals surface area contributed by atoms with Gasteiger partial charge in [-0.3, -0.25) is 9.59 Å². The predicted molar refractivity (Wildman–Crippen MR) is 145 cm³/mol. The molecular weight excluding hydrogens is 512 g/mol. The Hall–Kier alpha value is -2.62. The normalized spacial score (nSPS) is 19.6. The maximum Gasteiger partial charge on any atom is 0.243 e.